The highest BCUT2D eigenvalue weighted by molar-refractivity contribution is 7.13. The van der Waals surface area contributed by atoms with Crippen LogP contribution in [0.1, 0.15) is 113 Å². The van der Waals surface area contributed by atoms with Crippen LogP contribution in [0.25, 0.3) is 21.7 Å². The molecule has 0 radical (unpaired) electrons. The topological polar surface area (TPSA) is 205 Å². The smallest absolute Gasteiger partial charge is 0.318 e. The molecule has 390 valence electrons. The van der Waals surface area contributed by atoms with E-state index in [0.29, 0.717) is 36.3 Å². The molecule has 1 spiro atoms. The number of phenols is 1. The van der Waals surface area contributed by atoms with Crippen LogP contribution in [-0.4, -0.2) is 143 Å². The lowest BCUT2D eigenvalue weighted by Crippen LogP contribution is -2.61. The Labute approximate surface area is 437 Å². The van der Waals surface area contributed by atoms with Gasteiger partial charge in [-0.3, -0.25) is 9.59 Å². The van der Waals surface area contributed by atoms with Gasteiger partial charge in [-0.25, -0.2) is 19.7 Å². The van der Waals surface area contributed by atoms with Gasteiger partial charge >= 0.3 is 6.03 Å². The number of urea groups is 1. The molecule has 5 fully saturated rings. The Morgan fingerprint density at radius 1 is 0.932 bits per heavy atom. The standard InChI is InChI=1S/C56H70N12O5S/c1-33-48(74-32-60-33)37-12-10-35(11-13-37)28-57-51(71)45-24-40(69)31-68(45)52(72)49(55(3,4)5)62-54(73)66-22-17-56(18-23-66)26-39(27-56)65-19-14-36(15-20-65)38-29-58-53(59-30-38)67-21-16-43-47(34(67)2)42-25-44(63-64-50(42)61-43)41-8-6-7-9-46(41)70/h6-13,25,29-30,32,34,36,39-40,43,45,47,49,69-70H,14-24,26-28,31H2,1-5H3,(H,57,71)(H,61,64)(H,62,73)/t34-,40+,43?,45-,47?,49+/m0/s1. The fraction of sp³-hybridized carbons (Fsp3) is 0.536. The molecular formula is C56H70N12O5S. The zero-order valence-corrected chi connectivity index (χ0v) is 44.0. The Bertz CT molecular complexity index is 2850. The Balaban J connectivity index is 0.635. The van der Waals surface area contributed by atoms with Crippen molar-refractivity contribution >= 4 is 40.9 Å². The summed E-state index contributed by atoms with van der Waals surface area (Å²) >= 11 is 1.59. The molecule has 74 heavy (non-hydrogen) atoms. The van der Waals surface area contributed by atoms with Crippen LogP contribution in [0.4, 0.5) is 16.6 Å². The number of hydrogen-bond donors (Lipinski definition) is 5. The first-order valence-electron chi connectivity index (χ1n) is 26.7. The minimum absolute atomic E-state index is 0.0337. The zero-order valence-electron chi connectivity index (χ0n) is 43.2. The Kier molecular flexibility index (Phi) is 13.6. The van der Waals surface area contributed by atoms with Gasteiger partial charge in [0.25, 0.3) is 0 Å². The van der Waals surface area contributed by atoms with E-state index in [1.807, 2.05) is 93.0 Å². The summed E-state index contributed by atoms with van der Waals surface area (Å²) in [6, 6.07) is 16.3. The molecule has 0 bridgehead atoms. The molecule has 5 aromatic rings. The number of aromatic nitrogens is 5. The van der Waals surface area contributed by atoms with Crippen molar-refractivity contribution in [2.45, 2.75) is 141 Å². The Hall–Kier alpha value is -6.24. The maximum Gasteiger partial charge on any atom is 0.318 e. The summed E-state index contributed by atoms with van der Waals surface area (Å²) in [7, 11) is 0. The van der Waals surface area contributed by atoms with Crippen molar-refractivity contribution in [3.05, 3.63) is 94.9 Å². The van der Waals surface area contributed by atoms with E-state index in [1.165, 1.54) is 10.5 Å². The summed E-state index contributed by atoms with van der Waals surface area (Å²) < 4.78 is 0. The average Bonchev–Trinajstić information content (AvgIpc) is 4.12. The van der Waals surface area contributed by atoms with Crippen LogP contribution in [0.5, 0.6) is 5.75 Å². The third kappa shape index (κ3) is 9.80. The van der Waals surface area contributed by atoms with Gasteiger partial charge in [-0.05, 0) is 124 Å². The number of amides is 4. The number of fused-ring (bicyclic) bond motifs is 3. The van der Waals surface area contributed by atoms with Gasteiger partial charge in [-0.2, -0.15) is 0 Å². The fourth-order valence-electron chi connectivity index (χ4n) is 13.0. The number of para-hydroxylation sites is 1. The van der Waals surface area contributed by atoms with E-state index in [2.05, 4.69) is 53.9 Å². The van der Waals surface area contributed by atoms with E-state index >= 15 is 0 Å². The summed E-state index contributed by atoms with van der Waals surface area (Å²) in [5.74, 6) is 1.70. The number of aliphatic hydroxyl groups is 1. The highest BCUT2D eigenvalue weighted by Crippen LogP contribution is 2.52. The number of thiazole rings is 1. The predicted molar refractivity (Wildman–Crippen MR) is 285 cm³/mol. The second-order valence-corrected chi connectivity index (χ2v) is 23.9. The van der Waals surface area contributed by atoms with Gasteiger partial charge in [0.1, 0.15) is 17.8 Å². The number of β-amino-alcohol motifs (C(OH)–C–C–N with tert-alkyl or cyclic N) is 1. The van der Waals surface area contributed by atoms with Gasteiger partial charge in [0.2, 0.25) is 17.8 Å². The summed E-state index contributed by atoms with van der Waals surface area (Å²) in [5, 5.41) is 39.9. The average molecular weight is 1020 g/mol. The number of benzene rings is 2. The second kappa shape index (κ2) is 20.1. The predicted octanol–water partition coefficient (Wildman–Crippen LogP) is 7.07. The lowest BCUT2D eigenvalue weighted by molar-refractivity contribution is -0.142. The first-order chi connectivity index (χ1) is 35.6. The third-order valence-electron chi connectivity index (χ3n) is 17.4. The molecule has 8 heterocycles. The number of aryl methyl sites for hydroxylation is 1. The Morgan fingerprint density at radius 2 is 1.66 bits per heavy atom. The number of anilines is 2. The molecular weight excluding hydrogens is 953 g/mol. The van der Waals surface area contributed by atoms with Gasteiger partial charge in [0.15, 0.2) is 5.82 Å². The minimum atomic E-state index is -0.881. The molecule has 5 aliphatic heterocycles. The maximum atomic E-state index is 14.3. The highest BCUT2D eigenvalue weighted by Gasteiger charge is 2.50. The van der Waals surface area contributed by atoms with Crippen molar-refractivity contribution in [2.75, 3.05) is 49.5 Å². The number of rotatable bonds is 10. The molecule has 1 aliphatic carbocycles. The molecule has 3 aromatic heterocycles. The number of nitrogens with one attached hydrogen (secondary N) is 3. The fourth-order valence-corrected chi connectivity index (χ4v) is 13.8. The van der Waals surface area contributed by atoms with E-state index in [1.54, 1.807) is 17.4 Å². The normalized spacial score (nSPS) is 24.5. The zero-order chi connectivity index (χ0) is 51.5. The quantitative estimate of drug-likeness (QED) is 0.0951. The number of nitrogens with zero attached hydrogens (tertiary/aromatic N) is 9. The number of aliphatic hydroxyl groups excluding tert-OH is 1. The number of phenolic OH excluding ortho intramolecular Hbond substituents is 1. The van der Waals surface area contributed by atoms with Gasteiger partial charge in [0.05, 0.1) is 27.9 Å². The molecule has 2 unspecified atom stereocenters. The lowest BCUT2D eigenvalue weighted by Gasteiger charge is -2.56. The number of hydrogen-bond acceptors (Lipinski definition) is 14. The van der Waals surface area contributed by atoms with Crippen molar-refractivity contribution < 1.29 is 24.6 Å². The molecule has 5 N–H and O–H groups in total. The van der Waals surface area contributed by atoms with Gasteiger partial charge in [0, 0.05) is 86.7 Å². The summed E-state index contributed by atoms with van der Waals surface area (Å²) in [4.78, 5) is 65.6. The number of likely N-dealkylation sites (tertiary alicyclic amines) is 3. The van der Waals surface area contributed by atoms with Crippen molar-refractivity contribution in [1.82, 2.24) is 50.5 Å². The molecule has 4 saturated heterocycles. The van der Waals surface area contributed by atoms with E-state index in [4.69, 9.17) is 9.97 Å². The SMILES string of the molecule is Cc1ncsc1-c1ccc(CNC(=O)[C@@H]2C[C@@H](O)CN2C(=O)[C@@H](NC(=O)N2CCC3(CC2)CC(N2CCC(c4cnc(N5CCC6Nc7nnc(-c8ccccc8O)cc7C6[C@@H]5C)nc4)CC2)C3)C(C)(C)C)cc1. The van der Waals surface area contributed by atoms with Crippen molar-refractivity contribution in [3.63, 3.8) is 0 Å². The van der Waals surface area contributed by atoms with Crippen LogP contribution in [0, 0.1) is 17.8 Å². The number of aromatic hydroxyl groups is 1. The monoisotopic (exact) mass is 1020 g/mol. The summed E-state index contributed by atoms with van der Waals surface area (Å²) in [6.45, 7) is 14.5. The molecule has 18 heteroatoms. The minimum Gasteiger partial charge on any atom is -0.507 e. The van der Waals surface area contributed by atoms with Crippen LogP contribution in [0.15, 0.2) is 72.5 Å². The van der Waals surface area contributed by atoms with Crippen LogP contribution >= 0.6 is 11.3 Å². The van der Waals surface area contributed by atoms with E-state index in [9.17, 15) is 24.6 Å². The Morgan fingerprint density at radius 3 is 2.35 bits per heavy atom. The second-order valence-electron chi connectivity index (χ2n) is 23.1. The lowest BCUT2D eigenvalue weighted by atomic mass is 9.59. The van der Waals surface area contributed by atoms with Crippen molar-refractivity contribution in [1.29, 1.82) is 0 Å². The van der Waals surface area contributed by atoms with Crippen LogP contribution in [-0.2, 0) is 16.1 Å². The number of piperidine rings is 3. The van der Waals surface area contributed by atoms with E-state index in [-0.39, 0.29) is 66.5 Å². The number of carbonyl (C=O) groups is 3. The van der Waals surface area contributed by atoms with Gasteiger partial charge in [-0.1, -0.05) is 57.2 Å². The molecule has 17 nitrogen and oxygen atoms in total. The highest BCUT2D eigenvalue weighted by atomic mass is 32.1. The summed E-state index contributed by atoms with van der Waals surface area (Å²) in [6.07, 6.45) is 10.6. The van der Waals surface area contributed by atoms with Gasteiger partial charge in [-0.15, -0.1) is 21.5 Å². The largest absolute Gasteiger partial charge is 0.507 e. The van der Waals surface area contributed by atoms with Crippen molar-refractivity contribution in [3.8, 4) is 27.4 Å². The molecule has 1 saturated carbocycles. The number of carbonyl (C=O) groups excluding carboxylic acids is 3. The third-order valence-corrected chi connectivity index (χ3v) is 18.3. The van der Waals surface area contributed by atoms with Crippen LogP contribution < -0.4 is 20.9 Å². The van der Waals surface area contributed by atoms with E-state index in [0.717, 1.165) is 104 Å². The van der Waals surface area contributed by atoms with Crippen LogP contribution in [0.3, 0.4) is 0 Å². The molecule has 6 atom stereocenters. The first-order valence-corrected chi connectivity index (χ1v) is 27.6. The molecule has 6 aliphatic rings. The molecule has 11 rings (SSSR count). The molecule has 4 amide bonds. The van der Waals surface area contributed by atoms with Crippen LogP contribution in [0.2, 0.25) is 0 Å². The molecule has 2 aromatic carbocycles. The first kappa shape index (κ1) is 49.9. The maximum absolute atomic E-state index is 14.3. The summed E-state index contributed by atoms with van der Waals surface area (Å²) in [5.41, 5.74) is 8.06. The van der Waals surface area contributed by atoms with Crippen molar-refractivity contribution in [2.24, 2.45) is 10.8 Å². The van der Waals surface area contributed by atoms with Gasteiger partial charge < -0.3 is 45.8 Å². The van der Waals surface area contributed by atoms with E-state index < -0.39 is 23.6 Å².